The van der Waals surface area contributed by atoms with Crippen molar-refractivity contribution in [3.63, 3.8) is 0 Å². The number of alkyl halides is 3. The summed E-state index contributed by atoms with van der Waals surface area (Å²) < 4.78 is 43.4. The van der Waals surface area contributed by atoms with E-state index in [1.54, 1.807) is 12.1 Å². The molecule has 1 saturated carbocycles. The van der Waals surface area contributed by atoms with Crippen LogP contribution in [-0.4, -0.2) is 19.1 Å². The molecule has 1 amide bonds. The Morgan fingerprint density at radius 1 is 1.10 bits per heavy atom. The topological polar surface area (TPSA) is 38.3 Å². The van der Waals surface area contributed by atoms with Gasteiger partial charge in [0.1, 0.15) is 12.4 Å². The van der Waals surface area contributed by atoms with Gasteiger partial charge in [-0.3, -0.25) is 4.79 Å². The van der Waals surface area contributed by atoms with Gasteiger partial charge in [-0.2, -0.15) is 13.2 Å². The average molecular weight is 436 g/mol. The van der Waals surface area contributed by atoms with Gasteiger partial charge in [-0.25, -0.2) is 0 Å². The first-order chi connectivity index (χ1) is 14.3. The maximum absolute atomic E-state index is 12.9. The highest BCUT2D eigenvalue weighted by Gasteiger charge is 2.42. The minimum absolute atomic E-state index is 0.0699. The van der Waals surface area contributed by atoms with E-state index in [4.69, 9.17) is 16.3 Å². The Morgan fingerprint density at radius 2 is 1.80 bits per heavy atom. The van der Waals surface area contributed by atoms with E-state index in [2.05, 4.69) is 17.2 Å². The molecule has 158 valence electrons. The lowest BCUT2D eigenvalue weighted by Gasteiger charge is -2.28. The molecule has 3 rings (SSSR count). The Morgan fingerprint density at radius 3 is 2.47 bits per heavy atom. The summed E-state index contributed by atoms with van der Waals surface area (Å²) in [5.41, 5.74) is -0.395. The van der Waals surface area contributed by atoms with Crippen molar-refractivity contribution in [3.05, 3.63) is 64.7 Å². The van der Waals surface area contributed by atoms with Gasteiger partial charge in [-0.15, -0.1) is 0 Å². The molecule has 1 aliphatic carbocycles. The molecule has 3 nitrogen and oxygen atoms in total. The van der Waals surface area contributed by atoms with Gasteiger partial charge in [-0.05, 0) is 48.7 Å². The molecule has 0 bridgehead atoms. The van der Waals surface area contributed by atoms with Crippen molar-refractivity contribution in [1.82, 2.24) is 5.32 Å². The summed E-state index contributed by atoms with van der Waals surface area (Å²) >= 11 is 5.96. The zero-order valence-corrected chi connectivity index (χ0v) is 16.9. The van der Waals surface area contributed by atoms with Crippen LogP contribution in [0.5, 0.6) is 5.75 Å². The highest BCUT2D eigenvalue weighted by atomic mass is 35.5. The molecule has 0 aliphatic heterocycles. The lowest BCUT2D eigenvalue weighted by atomic mass is 9.78. The molecule has 1 N–H and O–H groups in total. The van der Waals surface area contributed by atoms with Gasteiger partial charge < -0.3 is 10.1 Å². The second-order valence-corrected chi connectivity index (χ2v) is 7.58. The fourth-order valence-corrected chi connectivity index (χ4v) is 3.81. The van der Waals surface area contributed by atoms with Crippen molar-refractivity contribution >= 4 is 17.5 Å². The second-order valence-electron chi connectivity index (χ2n) is 7.15. The second kappa shape index (κ2) is 9.44. The SMILES string of the molecule is O=C(NCC#CCOc1cccc(C(F)(F)F)c1)C1(c2ccc(Cl)cc2)CCCC1. The normalized spacial score (nSPS) is 15.2. The van der Waals surface area contributed by atoms with E-state index in [1.165, 1.54) is 12.1 Å². The molecule has 1 aliphatic rings. The first-order valence-corrected chi connectivity index (χ1v) is 9.99. The summed E-state index contributed by atoms with van der Waals surface area (Å²) in [6, 6.07) is 12.0. The minimum Gasteiger partial charge on any atom is -0.481 e. The molecule has 0 unspecified atom stereocenters. The van der Waals surface area contributed by atoms with Gasteiger partial charge in [-0.1, -0.05) is 54.5 Å². The van der Waals surface area contributed by atoms with Crippen molar-refractivity contribution in [2.24, 2.45) is 0 Å². The van der Waals surface area contributed by atoms with Crippen LogP contribution in [0.15, 0.2) is 48.5 Å². The Hall–Kier alpha value is -2.65. The maximum atomic E-state index is 12.9. The maximum Gasteiger partial charge on any atom is 0.416 e. The molecule has 0 heterocycles. The van der Waals surface area contributed by atoms with Crippen molar-refractivity contribution in [1.29, 1.82) is 0 Å². The highest BCUT2D eigenvalue weighted by molar-refractivity contribution is 6.30. The summed E-state index contributed by atoms with van der Waals surface area (Å²) in [5.74, 6) is 5.51. The Balaban J connectivity index is 1.53. The van der Waals surface area contributed by atoms with Crippen LogP contribution < -0.4 is 10.1 Å². The molecule has 0 saturated heterocycles. The number of hydrogen-bond donors (Lipinski definition) is 1. The van der Waals surface area contributed by atoms with E-state index in [-0.39, 0.29) is 24.8 Å². The molecule has 30 heavy (non-hydrogen) atoms. The number of amides is 1. The Labute approximate surface area is 178 Å². The van der Waals surface area contributed by atoms with Crippen LogP contribution in [0.1, 0.15) is 36.8 Å². The molecule has 0 spiro atoms. The van der Waals surface area contributed by atoms with Gasteiger partial charge in [0.15, 0.2) is 0 Å². The van der Waals surface area contributed by atoms with Crippen molar-refractivity contribution in [2.45, 2.75) is 37.3 Å². The van der Waals surface area contributed by atoms with Crippen LogP contribution in [0.2, 0.25) is 5.02 Å². The molecule has 0 aromatic heterocycles. The van der Waals surface area contributed by atoms with Crippen molar-refractivity contribution in [3.8, 4) is 17.6 Å². The molecular formula is C23H21ClF3NO2. The Bertz CT molecular complexity index is 939. The third-order valence-electron chi connectivity index (χ3n) is 5.22. The van der Waals surface area contributed by atoms with E-state index >= 15 is 0 Å². The summed E-state index contributed by atoms with van der Waals surface area (Å²) in [7, 11) is 0. The smallest absolute Gasteiger partial charge is 0.416 e. The zero-order chi connectivity index (χ0) is 21.6. The van der Waals surface area contributed by atoms with Gasteiger partial charge >= 0.3 is 6.18 Å². The van der Waals surface area contributed by atoms with Gasteiger partial charge in [0.2, 0.25) is 5.91 Å². The Kier molecular flexibility index (Phi) is 6.94. The van der Waals surface area contributed by atoms with E-state index in [9.17, 15) is 18.0 Å². The van der Waals surface area contributed by atoms with Gasteiger partial charge in [0.05, 0.1) is 17.5 Å². The van der Waals surface area contributed by atoms with Gasteiger partial charge in [0.25, 0.3) is 0 Å². The van der Waals surface area contributed by atoms with E-state index < -0.39 is 17.2 Å². The summed E-state index contributed by atoms with van der Waals surface area (Å²) in [4.78, 5) is 12.9. The lowest BCUT2D eigenvalue weighted by Crippen LogP contribution is -2.42. The molecule has 0 radical (unpaired) electrons. The van der Waals surface area contributed by atoms with Crippen LogP contribution in [0.4, 0.5) is 13.2 Å². The number of nitrogens with one attached hydrogen (secondary N) is 1. The molecule has 2 aromatic carbocycles. The third kappa shape index (κ3) is 5.28. The fourth-order valence-electron chi connectivity index (χ4n) is 3.68. The van der Waals surface area contributed by atoms with E-state index in [0.29, 0.717) is 5.02 Å². The molecule has 7 heteroatoms. The number of carbonyl (C=O) groups excluding carboxylic acids is 1. The summed E-state index contributed by atoms with van der Waals surface area (Å²) in [6.45, 7) is 0.0691. The first kappa shape index (κ1) is 22.0. The number of benzene rings is 2. The van der Waals surface area contributed by atoms with Crippen LogP contribution in [0.3, 0.4) is 0 Å². The molecule has 0 atom stereocenters. The summed E-state index contributed by atoms with van der Waals surface area (Å²) in [6.07, 6.45) is -0.923. The van der Waals surface area contributed by atoms with Crippen LogP contribution >= 0.6 is 11.6 Å². The van der Waals surface area contributed by atoms with E-state index in [0.717, 1.165) is 43.4 Å². The number of rotatable bonds is 5. The highest BCUT2D eigenvalue weighted by Crippen LogP contribution is 2.41. The average Bonchev–Trinajstić information content (AvgIpc) is 3.22. The van der Waals surface area contributed by atoms with Crippen molar-refractivity contribution in [2.75, 3.05) is 13.2 Å². The minimum atomic E-state index is -4.42. The third-order valence-corrected chi connectivity index (χ3v) is 5.48. The number of halogens is 4. The predicted octanol–water partition coefficient (Wildman–Crippen LogP) is 5.37. The largest absolute Gasteiger partial charge is 0.481 e. The van der Waals surface area contributed by atoms with Gasteiger partial charge in [0, 0.05) is 5.02 Å². The number of hydrogen-bond acceptors (Lipinski definition) is 2. The number of ether oxygens (including phenoxy) is 1. The van der Waals surface area contributed by atoms with Crippen LogP contribution in [0, 0.1) is 11.8 Å². The zero-order valence-electron chi connectivity index (χ0n) is 16.2. The standard InChI is InChI=1S/C23H21ClF3NO2/c24-19-10-8-17(9-11-19)22(12-1-2-13-22)21(29)28-14-3-4-15-30-20-7-5-6-18(16-20)23(25,26)27/h5-11,16H,1-2,12-15H2,(H,28,29). The van der Waals surface area contributed by atoms with Crippen LogP contribution in [-0.2, 0) is 16.4 Å². The molecule has 1 fully saturated rings. The van der Waals surface area contributed by atoms with E-state index in [1.807, 2.05) is 12.1 Å². The number of carbonyl (C=O) groups is 1. The predicted molar refractivity (Wildman–Crippen MR) is 109 cm³/mol. The molecular weight excluding hydrogens is 415 g/mol. The lowest BCUT2D eigenvalue weighted by molar-refractivity contribution is -0.137. The quantitative estimate of drug-likeness (QED) is 0.641. The van der Waals surface area contributed by atoms with Crippen molar-refractivity contribution < 1.29 is 22.7 Å². The fraction of sp³-hybridized carbons (Fsp3) is 0.348. The molecule has 2 aromatic rings. The first-order valence-electron chi connectivity index (χ1n) is 9.61. The monoisotopic (exact) mass is 435 g/mol. The summed E-state index contributed by atoms with van der Waals surface area (Å²) in [5, 5.41) is 3.48. The van der Waals surface area contributed by atoms with Crippen LogP contribution in [0.25, 0.3) is 0 Å².